The van der Waals surface area contributed by atoms with Crippen LogP contribution < -0.4 is 10.6 Å². The summed E-state index contributed by atoms with van der Waals surface area (Å²) in [6.45, 7) is 3.85. The molecule has 0 bridgehead atoms. The molecule has 2 rings (SSSR count). The maximum absolute atomic E-state index is 12.2. The van der Waals surface area contributed by atoms with Crippen LogP contribution in [0.1, 0.15) is 35.3 Å². The van der Waals surface area contributed by atoms with E-state index >= 15 is 0 Å². The van der Waals surface area contributed by atoms with Crippen molar-refractivity contribution in [1.82, 2.24) is 10.6 Å². The zero-order valence-electron chi connectivity index (χ0n) is 15.5. The SMILES string of the molecule is CC(=O)NCc1ccc(C(=O)OC(C)C(=O)NCCc2ccccc2)cc1. The Morgan fingerprint density at radius 3 is 2.22 bits per heavy atom. The van der Waals surface area contributed by atoms with E-state index in [0.29, 0.717) is 25.1 Å². The molecule has 0 aromatic heterocycles. The molecular formula is C21H24N2O4. The van der Waals surface area contributed by atoms with Gasteiger partial charge in [-0.2, -0.15) is 0 Å². The highest BCUT2D eigenvalue weighted by atomic mass is 16.5. The Hall–Kier alpha value is -3.15. The topological polar surface area (TPSA) is 84.5 Å². The average molecular weight is 368 g/mol. The third-order valence-corrected chi connectivity index (χ3v) is 3.94. The summed E-state index contributed by atoms with van der Waals surface area (Å²) in [5, 5.41) is 5.45. The van der Waals surface area contributed by atoms with Crippen LogP contribution >= 0.6 is 0 Å². The molecule has 0 aliphatic carbocycles. The van der Waals surface area contributed by atoms with E-state index in [1.54, 1.807) is 31.2 Å². The average Bonchev–Trinajstić information content (AvgIpc) is 2.67. The van der Waals surface area contributed by atoms with Crippen LogP contribution in [0.15, 0.2) is 54.6 Å². The van der Waals surface area contributed by atoms with Crippen molar-refractivity contribution >= 4 is 17.8 Å². The molecule has 0 fully saturated rings. The number of benzene rings is 2. The summed E-state index contributed by atoms with van der Waals surface area (Å²) in [4.78, 5) is 35.1. The molecule has 2 aromatic rings. The number of hydrogen-bond donors (Lipinski definition) is 2. The second kappa shape index (κ2) is 10.1. The minimum absolute atomic E-state index is 0.120. The molecule has 0 heterocycles. The van der Waals surface area contributed by atoms with Gasteiger partial charge in [0.2, 0.25) is 5.91 Å². The molecule has 0 aliphatic heterocycles. The Balaban J connectivity index is 1.78. The van der Waals surface area contributed by atoms with Crippen LogP contribution in [0.25, 0.3) is 0 Å². The van der Waals surface area contributed by atoms with Gasteiger partial charge in [-0.1, -0.05) is 42.5 Å². The Morgan fingerprint density at radius 1 is 0.926 bits per heavy atom. The zero-order valence-corrected chi connectivity index (χ0v) is 15.5. The molecule has 1 unspecified atom stereocenters. The largest absolute Gasteiger partial charge is 0.449 e. The Kier molecular flexibility index (Phi) is 7.55. The highest BCUT2D eigenvalue weighted by Crippen LogP contribution is 2.08. The van der Waals surface area contributed by atoms with Gasteiger partial charge in [0.15, 0.2) is 6.10 Å². The molecule has 2 N–H and O–H groups in total. The van der Waals surface area contributed by atoms with Gasteiger partial charge in [0, 0.05) is 20.0 Å². The lowest BCUT2D eigenvalue weighted by Crippen LogP contribution is -2.36. The van der Waals surface area contributed by atoms with E-state index in [4.69, 9.17) is 4.74 Å². The van der Waals surface area contributed by atoms with Crippen LogP contribution in [0.5, 0.6) is 0 Å². The summed E-state index contributed by atoms with van der Waals surface area (Å²) in [5.74, 6) is -1.01. The lowest BCUT2D eigenvalue weighted by Gasteiger charge is -2.14. The fourth-order valence-corrected chi connectivity index (χ4v) is 2.39. The van der Waals surface area contributed by atoms with E-state index in [2.05, 4.69) is 10.6 Å². The third-order valence-electron chi connectivity index (χ3n) is 3.94. The summed E-state index contributed by atoms with van der Waals surface area (Å²) < 4.78 is 5.22. The molecule has 6 nitrogen and oxygen atoms in total. The number of nitrogens with one attached hydrogen (secondary N) is 2. The van der Waals surface area contributed by atoms with Crippen molar-refractivity contribution in [2.24, 2.45) is 0 Å². The van der Waals surface area contributed by atoms with E-state index in [1.807, 2.05) is 30.3 Å². The second-order valence-electron chi connectivity index (χ2n) is 6.18. The minimum atomic E-state index is -0.882. The number of amides is 2. The smallest absolute Gasteiger partial charge is 0.338 e. The van der Waals surface area contributed by atoms with Crippen molar-refractivity contribution < 1.29 is 19.1 Å². The molecule has 0 saturated heterocycles. The molecule has 0 radical (unpaired) electrons. The number of rotatable bonds is 8. The Labute approximate surface area is 158 Å². The van der Waals surface area contributed by atoms with Crippen molar-refractivity contribution in [3.05, 3.63) is 71.3 Å². The normalized spacial score (nSPS) is 11.3. The first-order valence-corrected chi connectivity index (χ1v) is 8.81. The summed E-state index contributed by atoms with van der Waals surface area (Å²) >= 11 is 0. The molecule has 2 aromatic carbocycles. The molecule has 0 aliphatic rings. The molecule has 27 heavy (non-hydrogen) atoms. The molecule has 2 amide bonds. The lowest BCUT2D eigenvalue weighted by atomic mass is 10.1. The van der Waals surface area contributed by atoms with Crippen LogP contribution in [0.2, 0.25) is 0 Å². The fourth-order valence-electron chi connectivity index (χ4n) is 2.39. The summed E-state index contributed by atoms with van der Waals surface area (Å²) in [7, 11) is 0. The highest BCUT2D eigenvalue weighted by Gasteiger charge is 2.18. The second-order valence-corrected chi connectivity index (χ2v) is 6.18. The number of carbonyl (C=O) groups excluding carboxylic acids is 3. The van der Waals surface area contributed by atoms with E-state index in [-0.39, 0.29) is 11.8 Å². The monoisotopic (exact) mass is 368 g/mol. The van der Waals surface area contributed by atoms with Gasteiger partial charge in [-0.3, -0.25) is 9.59 Å². The van der Waals surface area contributed by atoms with Crippen molar-refractivity contribution in [3.8, 4) is 0 Å². The van der Waals surface area contributed by atoms with Gasteiger partial charge in [0.05, 0.1) is 5.56 Å². The first-order chi connectivity index (χ1) is 13.0. The first-order valence-electron chi connectivity index (χ1n) is 8.81. The van der Waals surface area contributed by atoms with Gasteiger partial charge in [-0.05, 0) is 36.6 Å². The van der Waals surface area contributed by atoms with Gasteiger partial charge >= 0.3 is 5.97 Å². The number of esters is 1. The van der Waals surface area contributed by atoms with E-state index in [1.165, 1.54) is 6.92 Å². The van der Waals surface area contributed by atoms with E-state index in [9.17, 15) is 14.4 Å². The molecule has 1 atom stereocenters. The lowest BCUT2D eigenvalue weighted by molar-refractivity contribution is -0.129. The van der Waals surface area contributed by atoms with Gasteiger partial charge in [-0.25, -0.2) is 4.79 Å². The Bertz CT molecular complexity index is 773. The molecular weight excluding hydrogens is 344 g/mol. The van der Waals surface area contributed by atoms with Gasteiger partial charge in [0.25, 0.3) is 5.91 Å². The maximum Gasteiger partial charge on any atom is 0.338 e. The zero-order chi connectivity index (χ0) is 19.6. The number of carbonyl (C=O) groups is 3. The highest BCUT2D eigenvalue weighted by molar-refractivity contribution is 5.92. The van der Waals surface area contributed by atoms with Crippen molar-refractivity contribution in [2.75, 3.05) is 6.54 Å². The maximum atomic E-state index is 12.2. The van der Waals surface area contributed by atoms with Gasteiger partial charge in [0.1, 0.15) is 0 Å². The Morgan fingerprint density at radius 2 is 1.59 bits per heavy atom. The quantitative estimate of drug-likeness (QED) is 0.700. The molecule has 0 saturated carbocycles. The predicted molar refractivity (Wildman–Crippen MR) is 102 cm³/mol. The minimum Gasteiger partial charge on any atom is -0.449 e. The van der Waals surface area contributed by atoms with Gasteiger partial charge < -0.3 is 15.4 Å². The van der Waals surface area contributed by atoms with Crippen molar-refractivity contribution in [1.29, 1.82) is 0 Å². The molecule has 0 spiro atoms. The van der Waals surface area contributed by atoms with E-state index in [0.717, 1.165) is 11.1 Å². The van der Waals surface area contributed by atoms with Crippen LogP contribution in [-0.4, -0.2) is 30.4 Å². The van der Waals surface area contributed by atoms with Crippen LogP contribution in [0.3, 0.4) is 0 Å². The van der Waals surface area contributed by atoms with Gasteiger partial charge in [-0.15, -0.1) is 0 Å². The van der Waals surface area contributed by atoms with Crippen molar-refractivity contribution in [2.45, 2.75) is 32.9 Å². The third kappa shape index (κ3) is 6.93. The molecule has 6 heteroatoms. The summed E-state index contributed by atoms with van der Waals surface area (Å²) in [6.07, 6.45) is -0.171. The predicted octanol–water partition coefficient (Wildman–Crippen LogP) is 2.23. The summed E-state index contributed by atoms with van der Waals surface area (Å²) in [6, 6.07) is 16.5. The van der Waals surface area contributed by atoms with Crippen LogP contribution in [-0.2, 0) is 27.3 Å². The van der Waals surface area contributed by atoms with Crippen LogP contribution in [0, 0.1) is 0 Å². The first kappa shape index (κ1) is 20.2. The van der Waals surface area contributed by atoms with Crippen LogP contribution in [0.4, 0.5) is 0 Å². The fraction of sp³-hybridized carbons (Fsp3) is 0.286. The molecule has 142 valence electrons. The van der Waals surface area contributed by atoms with E-state index < -0.39 is 12.1 Å². The summed E-state index contributed by atoms with van der Waals surface area (Å²) in [5.41, 5.74) is 2.35. The number of hydrogen-bond acceptors (Lipinski definition) is 4. The number of ether oxygens (including phenoxy) is 1. The van der Waals surface area contributed by atoms with Crippen molar-refractivity contribution in [3.63, 3.8) is 0 Å². The standard InChI is InChI=1S/C21H24N2O4/c1-15(20(25)22-13-12-17-6-4-3-5-7-17)27-21(26)19-10-8-18(9-11-19)14-23-16(2)24/h3-11,15H,12-14H2,1-2H3,(H,22,25)(H,23,24).